The topological polar surface area (TPSA) is 20.7 Å². The Bertz CT molecular complexity index is 994. The van der Waals surface area contributed by atoms with E-state index in [-0.39, 0.29) is 0 Å². The van der Waals surface area contributed by atoms with Crippen molar-refractivity contribution in [2.24, 2.45) is 0 Å². The highest BCUT2D eigenvalue weighted by Gasteiger charge is 2.07. The molecule has 4 rings (SSSR count). The van der Waals surface area contributed by atoms with Crippen LogP contribution >= 0.6 is 46.1 Å². The summed E-state index contributed by atoms with van der Waals surface area (Å²) in [5, 5.41) is 3.37. The summed E-state index contributed by atoms with van der Waals surface area (Å²) in [7, 11) is 0. The summed E-state index contributed by atoms with van der Waals surface area (Å²) >= 11 is 9.56. The number of nitrogens with one attached hydrogen (secondary N) is 1. The lowest BCUT2D eigenvalue weighted by Crippen LogP contribution is -1.93. The number of aromatic amines is 1. The van der Waals surface area contributed by atoms with Gasteiger partial charge in [0.2, 0.25) is 0 Å². The SMILES string of the molecule is S=c1[nH]c2cc(I)ccc2n1-c1ccc2sccc2c1. The van der Waals surface area contributed by atoms with Crippen LogP contribution in [-0.2, 0) is 0 Å². The van der Waals surface area contributed by atoms with Crippen molar-refractivity contribution in [2.75, 3.05) is 0 Å². The van der Waals surface area contributed by atoms with E-state index in [9.17, 15) is 0 Å². The highest BCUT2D eigenvalue weighted by atomic mass is 127. The summed E-state index contributed by atoms with van der Waals surface area (Å²) in [6.45, 7) is 0. The van der Waals surface area contributed by atoms with Gasteiger partial charge in [0, 0.05) is 14.0 Å². The van der Waals surface area contributed by atoms with Crippen LogP contribution in [-0.4, -0.2) is 9.55 Å². The maximum Gasteiger partial charge on any atom is 0.182 e. The molecule has 0 saturated carbocycles. The average Bonchev–Trinajstić information content (AvgIpc) is 3.00. The Hall–Kier alpha value is -1.18. The molecule has 2 aromatic heterocycles. The lowest BCUT2D eigenvalue weighted by Gasteiger charge is -2.05. The first-order valence-corrected chi connectivity index (χ1v) is 8.47. The van der Waals surface area contributed by atoms with Crippen LogP contribution in [0.25, 0.3) is 26.8 Å². The fraction of sp³-hybridized carbons (Fsp3) is 0. The van der Waals surface area contributed by atoms with Gasteiger partial charge in [-0.05, 0) is 88.0 Å². The molecule has 98 valence electrons. The molecule has 0 atom stereocenters. The van der Waals surface area contributed by atoms with Crippen molar-refractivity contribution in [1.82, 2.24) is 9.55 Å². The quantitative estimate of drug-likeness (QED) is 0.326. The summed E-state index contributed by atoms with van der Waals surface area (Å²) < 4.78 is 5.33. The number of fused-ring (bicyclic) bond motifs is 2. The van der Waals surface area contributed by atoms with E-state index in [1.807, 2.05) is 0 Å². The van der Waals surface area contributed by atoms with Gasteiger partial charge in [0.25, 0.3) is 0 Å². The Labute approximate surface area is 138 Å². The fourth-order valence-electron chi connectivity index (χ4n) is 2.43. The molecule has 1 N–H and O–H groups in total. The molecule has 0 bridgehead atoms. The number of aromatic nitrogens is 2. The number of nitrogens with zero attached hydrogens (tertiary/aromatic N) is 1. The number of H-pyrrole nitrogens is 1. The standard InChI is InChI=1S/C15H9IN2S2/c16-10-1-3-13-12(8-10)17-15(19)18(13)11-2-4-14-9(7-11)5-6-20-14/h1-8H,(H,17,19). The zero-order chi connectivity index (χ0) is 13.7. The predicted octanol–water partition coefficient (Wildman–Crippen LogP) is 5.51. The number of benzene rings is 2. The van der Waals surface area contributed by atoms with Crippen LogP contribution in [0.15, 0.2) is 47.8 Å². The van der Waals surface area contributed by atoms with Gasteiger partial charge in [0.15, 0.2) is 4.77 Å². The van der Waals surface area contributed by atoms with Crippen LogP contribution in [0.5, 0.6) is 0 Å². The molecule has 0 fully saturated rings. The molecule has 5 heteroatoms. The first kappa shape index (κ1) is 12.6. The van der Waals surface area contributed by atoms with Crippen molar-refractivity contribution in [3.63, 3.8) is 0 Å². The molecule has 0 aliphatic rings. The van der Waals surface area contributed by atoms with E-state index in [0.29, 0.717) is 0 Å². The van der Waals surface area contributed by atoms with E-state index in [1.165, 1.54) is 13.7 Å². The normalized spacial score (nSPS) is 11.4. The Morgan fingerprint density at radius 1 is 1.10 bits per heavy atom. The van der Waals surface area contributed by atoms with Crippen LogP contribution in [0.2, 0.25) is 0 Å². The highest BCUT2D eigenvalue weighted by molar-refractivity contribution is 14.1. The minimum absolute atomic E-state index is 0.733. The van der Waals surface area contributed by atoms with Crippen LogP contribution in [0.4, 0.5) is 0 Å². The monoisotopic (exact) mass is 408 g/mol. The van der Waals surface area contributed by atoms with Gasteiger partial charge in [-0.25, -0.2) is 0 Å². The molecule has 0 amide bonds. The third-order valence-corrected chi connectivity index (χ3v) is 5.19. The van der Waals surface area contributed by atoms with Crippen LogP contribution in [0, 0.1) is 8.34 Å². The number of hydrogen-bond acceptors (Lipinski definition) is 2. The Balaban J connectivity index is 2.05. The number of thiophene rings is 1. The van der Waals surface area contributed by atoms with Crippen molar-refractivity contribution in [2.45, 2.75) is 0 Å². The molecule has 0 saturated heterocycles. The predicted molar refractivity (Wildman–Crippen MR) is 96.6 cm³/mol. The fourth-order valence-corrected chi connectivity index (χ4v) is 4.01. The molecule has 20 heavy (non-hydrogen) atoms. The smallest absolute Gasteiger partial charge is 0.182 e. The van der Waals surface area contributed by atoms with Crippen molar-refractivity contribution in [3.05, 3.63) is 56.2 Å². The zero-order valence-electron chi connectivity index (χ0n) is 10.3. The molecule has 2 aromatic carbocycles. The Morgan fingerprint density at radius 2 is 2.00 bits per heavy atom. The molecule has 4 aromatic rings. The van der Waals surface area contributed by atoms with Gasteiger partial charge in [-0.3, -0.25) is 4.57 Å². The zero-order valence-corrected chi connectivity index (χ0v) is 14.1. The first-order chi connectivity index (χ1) is 9.72. The third kappa shape index (κ3) is 1.92. The first-order valence-electron chi connectivity index (χ1n) is 6.10. The van der Waals surface area contributed by atoms with Gasteiger partial charge >= 0.3 is 0 Å². The maximum atomic E-state index is 5.49. The summed E-state index contributed by atoms with van der Waals surface area (Å²) in [4.78, 5) is 3.28. The van der Waals surface area contributed by atoms with E-state index >= 15 is 0 Å². The Kier molecular flexibility index (Phi) is 2.94. The van der Waals surface area contributed by atoms with Crippen LogP contribution in [0.1, 0.15) is 0 Å². The van der Waals surface area contributed by atoms with Crippen LogP contribution < -0.4 is 0 Å². The summed E-state index contributed by atoms with van der Waals surface area (Å²) in [5.41, 5.74) is 3.30. The van der Waals surface area contributed by atoms with E-state index in [4.69, 9.17) is 12.2 Å². The van der Waals surface area contributed by atoms with Crippen molar-refractivity contribution in [1.29, 1.82) is 0 Å². The summed E-state index contributed by atoms with van der Waals surface area (Å²) in [6.07, 6.45) is 0. The lowest BCUT2D eigenvalue weighted by atomic mass is 10.2. The second-order valence-corrected chi connectivity index (χ2v) is 7.15. The van der Waals surface area contributed by atoms with Gasteiger partial charge in [0.05, 0.1) is 11.0 Å². The van der Waals surface area contributed by atoms with E-state index in [1.54, 1.807) is 11.3 Å². The van der Waals surface area contributed by atoms with Crippen molar-refractivity contribution >= 4 is 67.3 Å². The summed E-state index contributed by atoms with van der Waals surface area (Å²) in [6, 6.07) is 14.9. The van der Waals surface area contributed by atoms with E-state index in [2.05, 4.69) is 80.0 Å². The van der Waals surface area contributed by atoms with E-state index in [0.717, 1.165) is 21.5 Å². The van der Waals surface area contributed by atoms with Crippen LogP contribution in [0.3, 0.4) is 0 Å². The van der Waals surface area contributed by atoms with Crippen molar-refractivity contribution in [3.8, 4) is 5.69 Å². The van der Waals surface area contributed by atoms with Gasteiger partial charge in [-0.2, -0.15) is 0 Å². The lowest BCUT2D eigenvalue weighted by molar-refractivity contribution is 1.07. The molecule has 0 spiro atoms. The van der Waals surface area contributed by atoms with Gasteiger partial charge in [-0.1, -0.05) is 0 Å². The number of hydrogen-bond donors (Lipinski definition) is 1. The molecule has 0 unspecified atom stereocenters. The molecular weight excluding hydrogens is 399 g/mol. The van der Waals surface area contributed by atoms with E-state index < -0.39 is 0 Å². The number of rotatable bonds is 1. The average molecular weight is 408 g/mol. The largest absolute Gasteiger partial charge is 0.330 e. The number of imidazole rings is 1. The third-order valence-electron chi connectivity index (χ3n) is 3.34. The summed E-state index contributed by atoms with van der Waals surface area (Å²) in [5.74, 6) is 0. The number of halogens is 1. The van der Waals surface area contributed by atoms with Gasteiger partial charge in [0.1, 0.15) is 0 Å². The molecule has 2 nitrogen and oxygen atoms in total. The molecular formula is C15H9IN2S2. The minimum Gasteiger partial charge on any atom is -0.330 e. The second-order valence-electron chi connectivity index (χ2n) is 4.57. The minimum atomic E-state index is 0.733. The highest BCUT2D eigenvalue weighted by Crippen LogP contribution is 2.26. The van der Waals surface area contributed by atoms with Gasteiger partial charge < -0.3 is 4.98 Å². The second kappa shape index (κ2) is 4.68. The molecule has 2 heterocycles. The molecule has 0 aliphatic carbocycles. The van der Waals surface area contributed by atoms with Crippen molar-refractivity contribution < 1.29 is 0 Å². The molecule has 0 aliphatic heterocycles. The molecule has 0 radical (unpaired) electrons. The van der Waals surface area contributed by atoms with Gasteiger partial charge in [-0.15, -0.1) is 11.3 Å². The maximum absolute atomic E-state index is 5.49. The Morgan fingerprint density at radius 3 is 2.90 bits per heavy atom.